The van der Waals surface area contributed by atoms with Crippen LogP contribution < -0.4 is 10.6 Å². The zero-order chi connectivity index (χ0) is 21.3. The standard InChI is InChI=1S/C23H33N5O2.HI/c1-4-20-19(21(5-2)30-27-20)15-26-23(24-3)25-13-8-11-22(29)28-14-12-17-9-6-7-10-18(17)16-28;/h6-7,9-10H,4-5,8,11-16H2,1-3H3,(H2,24,25,26);1H. The van der Waals surface area contributed by atoms with E-state index in [0.29, 0.717) is 19.5 Å². The average Bonchev–Trinajstić information content (AvgIpc) is 3.20. The van der Waals surface area contributed by atoms with Gasteiger partial charge in [-0.15, -0.1) is 24.0 Å². The molecule has 2 aromatic rings. The van der Waals surface area contributed by atoms with E-state index in [9.17, 15) is 4.79 Å². The SMILES string of the molecule is CCc1noc(CC)c1CNC(=NC)NCCCC(=O)N1CCc2ccccc2C1.I. The van der Waals surface area contributed by atoms with Crippen molar-refractivity contribution in [2.24, 2.45) is 4.99 Å². The third kappa shape index (κ3) is 6.69. The van der Waals surface area contributed by atoms with Gasteiger partial charge in [0.2, 0.25) is 5.91 Å². The Hall–Kier alpha value is -2.10. The van der Waals surface area contributed by atoms with Crippen LogP contribution >= 0.6 is 24.0 Å². The Balaban J connectivity index is 0.00000341. The molecule has 0 saturated heterocycles. The minimum Gasteiger partial charge on any atom is -0.361 e. The van der Waals surface area contributed by atoms with Crippen molar-refractivity contribution in [1.82, 2.24) is 20.7 Å². The van der Waals surface area contributed by atoms with Crippen molar-refractivity contribution in [3.8, 4) is 0 Å². The molecular formula is C23H34IN5O2. The summed E-state index contributed by atoms with van der Waals surface area (Å²) in [5.74, 6) is 1.86. The maximum absolute atomic E-state index is 12.6. The second-order valence-electron chi connectivity index (χ2n) is 7.53. The molecule has 1 amide bonds. The lowest BCUT2D eigenvalue weighted by atomic mass is 9.99. The number of carbonyl (C=O) groups is 1. The van der Waals surface area contributed by atoms with Gasteiger partial charge in [-0.3, -0.25) is 9.79 Å². The summed E-state index contributed by atoms with van der Waals surface area (Å²) in [4.78, 5) is 18.8. The number of aryl methyl sites for hydroxylation is 2. The molecule has 0 aliphatic carbocycles. The average molecular weight is 539 g/mol. The van der Waals surface area contributed by atoms with Gasteiger partial charge in [-0.05, 0) is 30.4 Å². The molecule has 1 aliphatic rings. The first-order chi connectivity index (χ1) is 14.7. The minimum absolute atomic E-state index is 0. The molecule has 0 unspecified atom stereocenters. The van der Waals surface area contributed by atoms with Crippen LogP contribution in [0.4, 0.5) is 0 Å². The van der Waals surface area contributed by atoms with Gasteiger partial charge in [0.1, 0.15) is 5.76 Å². The molecule has 0 spiro atoms. The molecule has 0 atom stereocenters. The summed E-state index contributed by atoms with van der Waals surface area (Å²) in [5, 5.41) is 10.8. The zero-order valence-corrected chi connectivity index (χ0v) is 21.1. The minimum atomic E-state index is 0. The van der Waals surface area contributed by atoms with Crippen LogP contribution in [0.15, 0.2) is 33.8 Å². The predicted octanol–water partition coefficient (Wildman–Crippen LogP) is 3.45. The molecule has 0 bridgehead atoms. The molecule has 1 aliphatic heterocycles. The van der Waals surface area contributed by atoms with Gasteiger partial charge in [0.25, 0.3) is 0 Å². The van der Waals surface area contributed by atoms with E-state index in [-0.39, 0.29) is 29.9 Å². The third-order valence-electron chi connectivity index (χ3n) is 5.61. The molecule has 31 heavy (non-hydrogen) atoms. The lowest BCUT2D eigenvalue weighted by molar-refractivity contribution is -0.132. The fourth-order valence-electron chi connectivity index (χ4n) is 3.84. The number of halogens is 1. The number of aromatic nitrogens is 1. The van der Waals surface area contributed by atoms with E-state index in [0.717, 1.165) is 61.7 Å². The lowest BCUT2D eigenvalue weighted by Gasteiger charge is -2.29. The van der Waals surface area contributed by atoms with E-state index < -0.39 is 0 Å². The van der Waals surface area contributed by atoms with Crippen molar-refractivity contribution in [3.63, 3.8) is 0 Å². The van der Waals surface area contributed by atoms with Crippen molar-refractivity contribution >= 4 is 35.8 Å². The Morgan fingerprint density at radius 3 is 2.68 bits per heavy atom. The summed E-state index contributed by atoms with van der Waals surface area (Å²) in [7, 11) is 1.75. The van der Waals surface area contributed by atoms with Crippen LogP contribution in [0.3, 0.4) is 0 Å². The Morgan fingerprint density at radius 2 is 1.97 bits per heavy atom. The highest BCUT2D eigenvalue weighted by Crippen LogP contribution is 2.19. The molecule has 3 rings (SSSR count). The van der Waals surface area contributed by atoms with E-state index in [1.807, 2.05) is 11.0 Å². The van der Waals surface area contributed by atoms with Crippen LogP contribution in [0.2, 0.25) is 0 Å². The van der Waals surface area contributed by atoms with Gasteiger partial charge in [0.05, 0.1) is 5.69 Å². The highest BCUT2D eigenvalue weighted by atomic mass is 127. The van der Waals surface area contributed by atoms with E-state index in [4.69, 9.17) is 4.52 Å². The molecule has 2 heterocycles. The molecule has 0 fully saturated rings. The first-order valence-corrected chi connectivity index (χ1v) is 10.9. The highest BCUT2D eigenvalue weighted by molar-refractivity contribution is 14.0. The van der Waals surface area contributed by atoms with E-state index in [1.165, 1.54) is 11.1 Å². The number of amides is 1. The number of carbonyl (C=O) groups excluding carboxylic acids is 1. The number of fused-ring (bicyclic) bond motifs is 1. The van der Waals surface area contributed by atoms with Crippen molar-refractivity contribution in [1.29, 1.82) is 0 Å². The largest absolute Gasteiger partial charge is 0.361 e. The van der Waals surface area contributed by atoms with E-state index >= 15 is 0 Å². The number of nitrogens with zero attached hydrogens (tertiary/aromatic N) is 3. The summed E-state index contributed by atoms with van der Waals surface area (Å²) in [6, 6.07) is 8.39. The second kappa shape index (κ2) is 12.7. The van der Waals surface area contributed by atoms with Gasteiger partial charge in [0, 0.05) is 51.6 Å². The molecule has 0 radical (unpaired) electrons. The topological polar surface area (TPSA) is 82.8 Å². The number of nitrogens with one attached hydrogen (secondary N) is 2. The number of aliphatic imine (C=N–C) groups is 1. The van der Waals surface area contributed by atoms with Crippen molar-refractivity contribution in [2.45, 2.75) is 59.0 Å². The fraction of sp³-hybridized carbons (Fsp3) is 0.522. The molecule has 1 aromatic heterocycles. The molecule has 7 nitrogen and oxygen atoms in total. The molecule has 0 saturated carbocycles. The Labute approximate surface area is 202 Å². The van der Waals surface area contributed by atoms with Crippen LogP contribution in [0, 0.1) is 0 Å². The Bertz CT molecular complexity index is 859. The summed E-state index contributed by atoms with van der Waals surface area (Å²) in [6.07, 6.45) is 3.91. The monoisotopic (exact) mass is 539 g/mol. The van der Waals surface area contributed by atoms with Crippen molar-refractivity contribution in [2.75, 3.05) is 20.1 Å². The van der Waals surface area contributed by atoms with Gasteiger partial charge in [0.15, 0.2) is 5.96 Å². The number of hydrogen-bond acceptors (Lipinski definition) is 4. The Morgan fingerprint density at radius 1 is 1.19 bits per heavy atom. The van der Waals surface area contributed by atoms with Crippen LogP contribution in [-0.2, 0) is 37.1 Å². The molecule has 1 aromatic carbocycles. The summed E-state index contributed by atoms with van der Waals surface area (Å²) >= 11 is 0. The summed E-state index contributed by atoms with van der Waals surface area (Å²) in [5.41, 5.74) is 4.74. The summed E-state index contributed by atoms with van der Waals surface area (Å²) < 4.78 is 5.41. The third-order valence-corrected chi connectivity index (χ3v) is 5.61. The number of benzene rings is 1. The number of rotatable bonds is 8. The first kappa shape index (κ1) is 25.2. The maximum atomic E-state index is 12.6. The maximum Gasteiger partial charge on any atom is 0.222 e. The van der Waals surface area contributed by atoms with E-state index in [2.05, 4.69) is 52.8 Å². The van der Waals surface area contributed by atoms with Crippen LogP contribution in [-0.4, -0.2) is 42.1 Å². The molecule has 8 heteroatoms. The second-order valence-corrected chi connectivity index (χ2v) is 7.53. The van der Waals surface area contributed by atoms with Gasteiger partial charge < -0.3 is 20.1 Å². The quantitative estimate of drug-likeness (QED) is 0.233. The molecule has 170 valence electrons. The van der Waals surface area contributed by atoms with Gasteiger partial charge in [-0.2, -0.15) is 0 Å². The van der Waals surface area contributed by atoms with Gasteiger partial charge in [-0.1, -0.05) is 43.3 Å². The van der Waals surface area contributed by atoms with E-state index in [1.54, 1.807) is 7.05 Å². The van der Waals surface area contributed by atoms with Crippen molar-refractivity contribution < 1.29 is 9.32 Å². The predicted molar refractivity (Wildman–Crippen MR) is 134 cm³/mol. The normalized spacial score (nSPS) is 13.4. The van der Waals surface area contributed by atoms with Crippen LogP contribution in [0.5, 0.6) is 0 Å². The van der Waals surface area contributed by atoms with Crippen LogP contribution in [0.25, 0.3) is 0 Å². The Kier molecular flexibility index (Phi) is 10.3. The first-order valence-electron chi connectivity index (χ1n) is 10.9. The molecular weight excluding hydrogens is 505 g/mol. The van der Waals surface area contributed by atoms with Gasteiger partial charge in [-0.25, -0.2) is 0 Å². The number of guanidine groups is 1. The fourth-order valence-corrected chi connectivity index (χ4v) is 3.84. The highest BCUT2D eigenvalue weighted by Gasteiger charge is 2.19. The number of hydrogen-bond donors (Lipinski definition) is 2. The van der Waals surface area contributed by atoms with Gasteiger partial charge >= 0.3 is 0 Å². The smallest absolute Gasteiger partial charge is 0.222 e. The summed E-state index contributed by atoms with van der Waals surface area (Å²) in [6.45, 7) is 7.00. The lowest BCUT2D eigenvalue weighted by Crippen LogP contribution is -2.39. The van der Waals surface area contributed by atoms with Crippen molar-refractivity contribution in [3.05, 3.63) is 52.4 Å². The zero-order valence-electron chi connectivity index (χ0n) is 18.7. The van der Waals surface area contributed by atoms with Crippen LogP contribution in [0.1, 0.15) is 54.8 Å². The molecule has 2 N–H and O–H groups in total.